The van der Waals surface area contributed by atoms with Gasteiger partial charge in [-0.05, 0) is 47.5 Å². The summed E-state index contributed by atoms with van der Waals surface area (Å²) >= 11 is 0. The van der Waals surface area contributed by atoms with Crippen LogP contribution in [-0.4, -0.2) is 50.5 Å². The summed E-state index contributed by atoms with van der Waals surface area (Å²) in [5, 5.41) is 10.4. The van der Waals surface area contributed by atoms with Crippen LogP contribution in [0.2, 0.25) is 0 Å². The van der Waals surface area contributed by atoms with Crippen molar-refractivity contribution in [2.24, 2.45) is 0 Å². The van der Waals surface area contributed by atoms with Crippen LogP contribution >= 0.6 is 0 Å². The molecule has 5 heteroatoms. The fraction of sp³-hybridized carbons (Fsp3) is 0.280. The van der Waals surface area contributed by atoms with E-state index in [1.807, 2.05) is 54.6 Å². The summed E-state index contributed by atoms with van der Waals surface area (Å²) in [4.78, 5) is 3.63. The third-order valence-electron chi connectivity index (χ3n) is 5.59. The summed E-state index contributed by atoms with van der Waals surface area (Å²) in [6, 6.07) is 24.8. The number of piperazine rings is 1. The summed E-state index contributed by atoms with van der Waals surface area (Å²) in [5.41, 5.74) is 3.37. The maximum absolute atomic E-state index is 13.1. The van der Waals surface area contributed by atoms with Gasteiger partial charge in [-0.2, -0.15) is 0 Å². The summed E-state index contributed by atoms with van der Waals surface area (Å²) in [6.07, 6.45) is -0.508. The minimum atomic E-state index is -0.508. The highest BCUT2D eigenvalue weighted by atomic mass is 19.1. The van der Waals surface area contributed by atoms with Crippen LogP contribution < -0.4 is 14.5 Å². The van der Waals surface area contributed by atoms with Gasteiger partial charge in [0.25, 0.3) is 0 Å². The van der Waals surface area contributed by atoms with E-state index in [-0.39, 0.29) is 12.4 Å². The minimum Gasteiger partial charge on any atom is -0.491 e. The van der Waals surface area contributed by atoms with Crippen molar-refractivity contribution in [3.63, 3.8) is 0 Å². The Balaban J connectivity index is 1.21. The van der Waals surface area contributed by atoms with E-state index in [4.69, 9.17) is 4.74 Å². The highest BCUT2D eigenvalue weighted by Crippen LogP contribution is 2.22. The lowest BCUT2D eigenvalue weighted by molar-refractivity contribution is -0.903. The van der Waals surface area contributed by atoms with Crippen LogP contribution in [-0.2, 0) is 0 Å². The lowest BCUT2D eigenvalue weighted by atomic mass is 10.1. The number of quaternary nitrogens is 1. The molecule has 4 rings (SSSR count). The summed E-state index contributed by atoms with van der Waals surface area (Å²) < 4.78 is 18.9. The molecule has 1 saturated heterocycles. The Labute approximate surface area is 177 Å². The van der Waals surface area contributed by atoms with Crippen molar-refractivity contribution in [1.29, 1.82) is 0 Å². The molecular formula is C25H28FN2O2+. The van der Waals surface area contributed by atoms with Gasteiger partial charge in [0.15, 0.2) is 0 Å². The first-order valence-electron chi connectivity index (χ1n) is 10.5. The summed E-state index contributed by atoms with van der Waals surface area (Å²) in [5.74, 6) is 0.561. The van der Waals surface area contributed by atoms with Gasteiger partial charge in [-0.25, -0.2) is 4.39 Å². The number of ether oxygens (including phenoxy) is 1. The van der Waals surface area contributed by atoms with Gasteiger partial charge < -0.3 is 19.6 Å². The zero-order valence-corrected chi connectivity index (χ0v) is 17.0. The number of aliphatic hydroxyl groups is 1. The van der Waals surface area contributed by atoms with E-state index in [1.54, 1.807) is 0 Å². The predicted molar refractivity (Wildman–Crippen MR) is 118 cm³/mol. The lowest BCUT2D eigenvalue weighted by Gasteiger charge is -2.34. The standard InChI is InChI=1S/C25H27FN2O2/c26-22-8-10-23(11-9-22)28-16-14-27(15-17-28)18-24(29)19-30-25-12-6-21(7-13-25)20-4-2-1-3-5-20/h1-13,24,29H,14-19H2/p+1/t24-/m1/s1. The topological polar surface area (TPSA) is 37.1 Å². The van der Waals surface area contributed by atoms with E-state index in [2.05, 4.69) is 17.0 Å². The molecule has 1 atom stereocenters. The number of benzene rings is 3. The smallest absolute Gasteiger partial charge is 0.137 e. The van der Waals surface area contributed by atoms with Crippen molar-refractivity contribution in [1.82, 2.24) is 0 Å². The van der Waals surface area contributed by atoms with Gasteiger partial charge in [0.2, 0.25) is 0 Å². The summed E-state index contributed by atoms with van der Waals surface area (Å²) in [6.45, 7) is 4.64. The Bertz CT molecular complexity index is 908. The van der Waals surface area contributed by atoms with Crippen molar-refractivity contribution in [2.45, 2.75) is 6.10 Å². The van der Waals surface area contributed by atoms with E-state index < -0.39 is 6.10 Å². The monoisotopic (exact) mass is 407 g/mol. The molecule has 156 valence electrons. The fourth-order valence-corrected chi connectivity index (χ4v) is 3.90. The second kappa shape index (κ2) is 9.74. The van der Waals surface area contributed by atoms with Crippen molar-refractivity contribution in [3.05, 3.63) is 84.7 Å². The van der Waals surface area contributed by atoms with E-state index in [9.17, 15) is 9.50 Å². The molecule has 0 unspecified atom stereocenters. The molecule has 1 fully saturated rings. The van der Waals surface area contributed by atoms with Gasteiger partial charge in [0.1, 0.15) is 30.8 Å². The Morgan fingerprint density at radius 2 is 1.50 bits per heavy atom. The minimum absolute atomic E-state index is 0.208. The maximum atomic E-state index is 13.1. The first-order valence-corrected chi connectivity index (χ1v) is 10.5. The first kappa shape index (κ1) is 20.4. The number of hydrogen-bond acceptors (Lipinski definition) is 3. The second-order valence-corrected chi connectivity index (χ2v) is 7.77. The van der Waals surface area contributed by atoms with Crippen LogP contribution in [0.4, 0.5) is 10.1 Å². The molecule has 3 aromatic carbocycles. The van der Waals surface area contributed by atoms with Crippen LogP contribution in [0.25, 0.3) is 11.1 Å². The number of nitrogens with zero attached hydrogens (tertiary/aromatic N) is 1. The molecular weight excluding hydrogens is 379 g/mol. The highest BCUT2D eigenvalue weighted by Gasteiger charge is 2.23. The van der Waals surface area contributed by atoms with E-state index >= 15 is 0 Å². The van der Waals surface area contributed by atoms with Gasteiger partial charge in [-0.1, -0.05) is 42.5 Å². The van der Waals surface area contributed by atoms with Crippen molar-refractivity contribution in [2.75, 3.05) is 44.2 Å². The molecule has 4 nitrogen and oxygen atoms in total. The van der Waals surface area contributed by atoms with Crippen LogP contribution in [0.1, 0.15) is 0 Å². The molecule has 30 heavy (non-hydrogen) atoms. The van der Waals surface area contributed by atoms with E-state index in [0.717, 1.165) is 43.2 Å². The number of aliphatic hydroxyl groups excluding tert-OH is 1. The van der Waals surface area contributed by atoms with Gasteiger partial charge >= 0.3 is 0 Å². The largest absolute Gasteiger partial charge is 0.491 e. The number of halogens is 1. The fourth-order valence-electron chi connectivity index (χ4n) is 3.90. The molecule has 0 bridgehead atoms. The molecule has 1 heterocycles. The molecule has 0 aromatic heterocycles. The molecule has 0 aliphatic carbocycles. The molecule has 1 aliphatic rings. The van der Waals surface area contributed by atoms with Gasteiger partial charge in [0.05, 0.1) is 26.2 Å². The van der Waals surface area contributed by atoms with Crippen LogP contribution in [0, 0.1) is 5.82 Å². The normalized spacial score (nSPS) is 15.7. The molecule has 2 N–H and O–H groups in total. The molecule has 0 radical (unpaired) electrons. The molecule has 0 amide bonds. The summed E-state index contributed by atoms with van der Waals surface area (Å²) in [7, 11) is 0. The van der Waals surface area contributed by atoms with E-state index in [0.29, 0.717) is 6.54 Å². The van der Waals surface area contributed by atoms with Gasteiger partial charge in [-0.15, -0.1) is 0 Å². The Morgan fingerprint density at radius 3 is 2.17 bits per heavy atom. The van der Waals surface area contributed by atoms with E-state index in [1.165, 1.54) is 22.6 Å². The van der Waals surface area contributed by atoms with Crippen molar-refractivity contribution in [3.8, 4) is 16.9 Å². The molecule has 0 saturated carbocycles. The van der Waals surface area contributed by atoms with Crippen molar-refractivity contribution < 1.29 is 19.1 Å². The van der Waals surface area contributed by atoms with Gasteiger partial charge in [-0.3, -0.25) is 0 Å². The first-order chi connectivity index (χ1) is 14.7. The lowest BCUT2D eigenvalue weighted by Crippen LogP contribution is -3.16. The second-order valence-electron chi connectivity index (χ2n) is 7.77. The zero-order chi connectivity index (χ0) is 20.8. The van der Waals surface area contributed by atoms with Crippen LogP contribution in [0.3, 0.4) is 0 Å². The van der Waals surface area contributed by atoms with Crippen LogP contribution in [0.5, 0.6) is 5.75 Å². The Hall–Kier alpha value is -2.89. The molecule has 1 aliphatic heterocycles. The number of hydrogen-bond donors (Lipinski definition) is 2. The Morgan fingerprint density at radius 1 is 0.867 bits per heavy atom. The number of nitrogens with one attached hydrogen (secondary N) is 1. The third-order valence-corrected chi connectivity index (χ3v) is 5.59. The van der Waals surface area contributed by atoms with Crippen LogP contribution in [0.15, 0.2) is 78.9 Å². The maximum Gasteiger partial charge on any atom is 0.137 e. The number of rotatable bonds is 7. The Kier molecular flexibility index (Phi) is 6.62. The average Bonchev–Trinajstić information content (AvgIpc) is 2.80. The third kappa shape index (κ3) is 5.38. The zero-order valence-electron chi connectivity index (χ0n) is 17.0. The average molecular weight is 408 g/mol. The highest BCUT2D eigenvalue weighted by molar-refractivity contribution is 5.63. The number of anilines is 1. The predicted octanol–water partition coefficient (Wildman–Crippen LogP) is 2.64. The van der Waals surface area contributed by atoms with Gasteiger partial charge in [0, 0.05) is 5.69 Å². The van der Waals surface area contributed by atoms with Crippen molar-refractivity contribution >= 4 is 5.69 Å². The quantitative estimate of drug-likeness (QED) is 0.632. The molecule has 0 spiro atoms. The SMILES string of the molecule is O[C@@H](COc1ccc(-c2ccccc2)cc1)C[NH+]1CCN(c2ccc(F)cc2)CC1. The molecule has 3 aromatic rings.